The van der Waals surface area contributed by atoms with Gasteiger partial charge in [0.05, 0.1) is 18.3 Å². The first-order valence-corrected chi connectivity index (χ1v) is 11.3. The van der Waals surface area contributed by atoms with Crippen LogP contribution >= 0.6 is 11.3 Å². The molecule has 0 spiro atoms. The third-order valence-corrected chi connectivity index (χ3v) is 5.93. The molecule has 0 saturated carbocycles. The van der Waals surface area contributed by atoms with Gasteiger partial charge in [-0.1, -0.05) is 19.9 Å². The topological polar surface area (TPSA) is 78.9 Å². The third-order valence-electron chi connectivity index (χ3n) is 5.30. The lowest BCUT2D eigenvalue weighted by Gasteiger charge is -2.28. The molecular weight excluding hydrogens is 428 g/mol. The molecule has 8 heteroatoms. The minimum absolute atomic E-state index is 0.181. The molecule has 1 aromatic heterocycles. The molecule has 0 radical (unpaired) electrons. The number of ether oxygens (including phenoxy) is 4. The maximum Gasteiger partial charge on any atom is 0.251 e. The lowest BCUT2D eigenvalue weighted by molar-refractivity contribution is 0.0945. The van der Waals surface area contributed by atoms with Crippen molar-refractivity contribution in [3.63, 3.8) is 0 Å². The molecule has 0 saturated heterocycles. The molecule has 7 nitrogen and oxygen atoms in total. The first-order valence-electron chi connectivity index (χ1n) is 10.3. The number of hydrogen-bond donors (Lipinski definition) is 1. The van der Waals surface area contributed by atoms with Crippen LogP contribution in [-0.4, -0.2) is 37.8 Å². The minimum atomic E-state index is -0.299. The predicted molar refractivity (Wildman–Crippen MR) is 122 cm³/mol. The molecule has 1 N–H and O–H groups in total. The van der Waals surface area contributed by atoms with Crippen LogP contribution < -0.4 is 24.3 Å². The number of thiazole rings is 1. The number of aromatic nitrogens is 1. The molecule has 4 rings (SSSR count). The van der Waals surface area contributed by atoms with Gasteiger partial charge in [-0.3, -0.25) is 4.79 Å². The monoisotopic (exact) mass is 454 g/mol. The molecule has 1 amide bonds. The van der Waals surface area contributed by atoms with E-state index in [9.17, 15) is 4.79 Å². The zero-order valence-corrected chi connectivity index (χ0v) is 19.2. The average molecular weight is 455 g/mol. The van der Waals surface area contributed by atoms with E-state index in [1.54, 1.807) is 30.8 Å². The molecular formula is C24H26N2O5S. The Hall–Kier alpha value is -3.26. The number of carbonyl (C=O) groups excluding carboxylic acids is 1. The lowest BCUT2D eigenvalue weighted by Crippen LogP contribution is -2.36. The van der Waals surface area contributed by atoms with Gasteiger partial charge in [0.25, 0.3) is 5.91 Å². The Morgan fingerprint density at radius 1 is 1.12 bits per heavy atom. The van der Waals surface area contributed by atoms with Crippen LogP contribution in [0.1, 0.15) is 35.5 Å². The first kappa shape index (κ1) is 22.0. The first-order chi connectivity index (χ1) is 15.5. The second kappa shape index (κ2) is 9.48. The van der Waals surface area contributed by atoms with Gasteiger partial charge in [-0.15, -0.1) is 11.3 Å². The number of amides is 1. The highest BCUT2D eigenvalue weighted by molar-refractivity contribution is 7.07. The molecule has 2 aromatic carbocycles. The Morgan fingerprint density at radius 3 is 2.69 bits per heavy atom. The predicted octanol–water partition coefficient (Wildman–Crippen LogP) is 4.21. The summed E-state index contributed by atoms with van der Waals surface area (Å²) in [5.74, 6) is 2.38. The van der Waals surface area contributed by atoms with Crippen molar-refractivity contribution < 1.29 is 23.7 Å². The number of benzene rings is 2. The molecule has 3 aromatic rings. The van der Waals surface area contributed by atoms with Crippen LogP contribution in [0.15, 0.2) is 47.3 Å². The number of methoxy groups -OCH3 is 1. The van der Waals surface area contributed by atoms with Crippen LogP contribution in [0.4, 0.5) is 0 Å². The summed E-state index contributed by atoms with van der Waals surface area (Å²) >= 11 is 1.51. The second-order valence-corrected chi connectivity index (χ2v) is 8.78. The largest absolute Gasteiger partial charge is 0.493 e. The summed E-state index contributed by atoms with van der Waals surface area (Å²) < 4.78 is 22.5. The Bertz CT molecular complexity index is 1080. The van der Waals surface area contributed by atoms with Crippen molar-refractivity contribution in [1.82, 2.24) is 10.3 Å². The van der Waals surface area contributed by atoms with E-state index < -0.39 is 0 Å². The summed E-state index contributed by atoms with van der Waals surface area (Å²) in [5, 5.41) is 4.96. The number of hydrogen-bond acceptors (Lipinski definition) is 7. The average Bonchev–Trinajstić information content (AvgIpc) is 3.34. The van der Waals surface area contributed by atoms with Crippen LogP contribution in [0, 0.1) is 0 Å². The lowest BCUT2D eigenvalue weighted by atomic mass is 9.84. The fraction of sp³-hybridized carbons (Fsp3) is 0.333. The fourth-order valence-electron chi connectivity index (χ4n) is 3.36. The Labute approximate surface area is 191 Å². The quantitative estimate of drug-likeness (QED) is 0.549. The molecule has 1 aliphatic rings. The molecule has 32 heavy (non-hydrogen) atoms. The van der Waals surface area contributed by atoms with Gasteiger partial charge in [-0.2, -0.15) is 0 Å². The van der Waals surface area contributed by atoms with Crippen LogP contribution in [0.25, 0.3) is 0 Å². The van der Waals surface area contributed by atoms with Gasteiger partial charge in [0, 0.05) is 22.9 Å². The van der Waals surface area contributed by atoms with E-state index in [2.05, 4.69) is 24.1 Å². The van der Waals surface area contributed by atoms with Crippen molar-refractivity contribution in [2.45, 2.75) is 25.9 Å². The van der Waals surface area contributed by atoms with Gasteiger partial charge in [0.1, 0.15) is 19.8 Å². The fourth-order valence-corrected chi connectivity index (χ4v) is 3.90. The molecule has 0 atom stereocenters. The zero-order chi connectivity index (χ0) is 22.6. The maximum absolute atomic E-state index is 12.8. The molecule has 0 bridgehead atoms. The van der Waals surface area contributed by atoms with Gasteiger partial charge >= 0.3 is 0 Å². The van der Waals surface area contributed by atoms with E-state index in [0.29, 0.717) is 43.4 Å². The highest BCUT2D eigenvalue weighted by atomic mass is 32.1. The standard InChI is InChI=1S/C24H26N2O5S/c1-24(2,17-5-7-20-22(11-17)30-9-8-29-20)14-25-23(27)16-4-6-19(21(10-16)28-3)31-12-18-13-32-15-26-18/h4-7,10-11,13,15H,8-9,12,14H2,1-3H3,(H,25,27). The summed E-state index contributed by atoms with van der Waals surface area (Å²) in [4.78, 5) is 17.0. The van der Waals surface area contributed by atoms with Crippen molar-refractivity contribution in [3.8, 4) is 23.0 Å². The van der Waals surface area contributed by atoms with E-state index in [0.717, 1.165) is 22.8 Å². The highest BCUT2D eigenvalue weighted by Gasteiger charge is 2.24. The smallest absolute Gasteiger partial charge is 0.251 e. The van der Waals surface area contributed by atoms with E-state index in [1.165, 1.54) is 11.3 Å². The zero-order valence-electron chi connectivity index (χ0n) is 18.3. The van der Waals surface area contributed by atoms with E-state index in [1.807, 2.05) is 23.6 Å². The Kier molecular flexibility index (Phi) is 6.50. The molecule has 2 heterocycles. The summed E-state index contributed by atoms with van der Waals surface area (Å²) in [6, 6.07) is 11.1. The number of rotatable bonds is 8. The molecule has 168 valence electrons. The summed E-state index contributed by atoms with van der Waals surface area (Å²) in [7, 11) is 1.55. The molecule has 1 aliphatic heterocycles. The van der Waals surface area contributed by atoms with Crippen LogP contribution in [-0.2, 0) is 12.0 Å². The third kappa shape index (κ3) is 4.96. The van der Waals surface area contributed by atoms with Crippen molar-refractivity contribution >= 4 is 17.2 Å². The van der Waals surface area contributed by atoms with Gasteiger partial charge in [0.2, 0.25) is 0 Å². The summed E-state index contributed by atoms with van der Waals surface area (Å²) in [5.41, 5.74) is 3.87. The normalized spacial score (nSPS) is 12.8. The van der Waals surface area contributed by atoms with Gasteiger partial charge in [-0.25, -0.2) is 4.98 Å². The van der Waals surface area contributed by atoms with Crippen molar-refractivity contribution in [2.75, 3.05) is 26.9 Å². The van der Waals surface area contributed by atoms with Crippen LogP contribution in [0.3, 0.4) is 0 Å². The van der Waals surface area contributed by atoms with Crippen molar-refractivity contribution in [3.05, 3.63) is 64.1 Å². The van der Waals surface area contributed by atoms with E-state index in [-0.39, 0.29) is 11.3 Å². The number of fused-ring (bicyclic) bond motifs is 1. The van der Waals surface area contributed by atoms with E-state index >= 15 is 0 Å². The number of carbonyl (C=O) groups is 1. The maximum atomic E-state index is 12.8. The Morgan fingerprint density at radius 2 is 1.94 bits per heavy atom. The van der Waals surface area contributed by atoms with Crippen LogP contribution in [0.2, 0.25) is 0 Å². The van der Waals surface area contributed by atoms with Crippen molar-refractivity contribution in [1.29, 1.82) is 0 Å². The number of nitrogens with one attached hydrogen (secondary N) is 1. The minimum Gasteiger partial charge on any atom is -0.493 e. The van der Waals surface area contributed by atoms with Gasteiger partial charge in [0.15, 0.2) is 23.0 Å². The second-order valence-electron chi connectivity index (χ2n) is 8.06. The Balaban J connectivity index is 1.40. The van der Waals surface area contributed by atoms with Crippen molar-refractivity contribution in [2.24, 2.45) is 0 Å². The van der Waals surface area contributed by atoms with Gasteiger partial charge in [-0.05, 0) is 35.9 Å². The van der Waals surface area contributed by atoms with Gasteiger partial charge < -0.3 is 24.3 Å². The molecule has 0 unspecified atom stereocenters. The summed E-state index contributed by atoms with van der Waals surface area (Å²) in [6.45, 7) is 6.05. The summed E-state index contributed by atoms with van der Waals surface area (Å²) in [6.07, 6.45) is 0. The number of nitrogens with zero attached hydrogens (tertiary/aromatic N) is 1. The van der Waals surface area contributed by atoms with E-state index in [4.69, 9.17) is 18.9 Å². The molecule has 0 fully saturated rings. The highest BCUT2D eigenvalue weighted by Crippen LogP contribution is 2.35. The van der Waals surface area contributed by atoms with Crippen LogP contribution in [0.5, 0.6) is 23.0 Å². The molecule has 0 aliphatic carbocycles. The SMILES string of the molecule is COc1cc(C(=O)NCC(C)(C)c2ccc3c(c2)OCCO3)ccc1OCc1cscn1.